The molecular formula is C12H17N3O2. The van der Waals surface area contributed by atoms with Crippen molar-refractivity contribution in [2.75, 3.05) is 18.4 Å². The van der Waals surface area contributed by atoms with Crippen molar-refractivity contribution < 1.29 is 4.92 Å². The predicted molar refractivity (Wildman–Crippen MR) is 67.2 cm³/mol. The molecule has 0 atom stereocenters. The first-order chi connectivity index (χ1) is 8.09. The summed E-state index contributed by atoms with van der Waals surface area (Å²) in [5, 5.41) is 17.3. The molecule has 0 aromatic heterocycles. The van der Waals surface area contributed by atoms with E-state index in [2.05, 4.69) is 17.6 Å². The lowest BCUT2D eigenvalue weighted by Gasteiger charge is -2.35. The molecule has 1 saturated heterocycles. The van der Waals surface area contributed by atoms with Crippen LogP contribution in [0, 0.1) is 10.1 Å². The summed E-state index contributed by atoms with van der Waals surface area (Å²) in [5.41, 5.74) is 1.16. The molecule has 1 aliphatic heterocycles. The molecule has 2 N–H and O–H groups in total. The summed E-state index contributed by atoms with van der Waals surface area (Å²) in [6, 6.07) is 6.61. The maximum Gasteiger partial charge on any atom is 0.269 e. The van der Waals surface area contributed by atoms with E-state index >= 15 is 0 Å². The zero-order valence-electron chi connectivity index (χ0n) is 9.90. The van der Waals surface area contributed by atoms with Crippen LogP contribution in [0.3, 0.4) is 0 Å². The largest absolute Gasteiger partial charge is 0.380 e. The van der Waals surface area contributed by atoms with Gasteiger partial charge in [0.05, 0.1) is 4.92 Å². The van der Waals surface area contributed by atoms with E-state index in [1.807, 2.05) is 0 Å². The van der Waals surface area contributed by atoms with E-state index < -0.39 is 0 Å². The van der Waals surface area contributed by atoms with E-state index in [9.17, 15) is 10.1 Å². The molecule has 5 nitrogen and oxygen atoms in total. The van der Waals surface area contributed by atoms with Crippen LogP contribution < -0.4 is 10.6 Å². The molecule has 1 aliphatic rings. The Bertz CT molecular complexity index is 397. The molecule has 1 heterocycles. The van der Waals surface area contributed by atoms with Crippen molar-refractivity contribution in [3.05, 3.63) is 34.4 Å². The van der Waals surface area contributed by atoms with Gasteiger partial charge in [0.15, 0.2) is 0 Å². The standard InChI is InChI=1S/C12H17N3O2/c1-12(6-8-13-9-7-12)14-10-2-4-11(5-3-10)15(16)17/h2-5,13-14H,6-9H2,1H3. The van der Waals surface area contributed by atoms with Crippen molar-refractivity contribution in [2.45, 2.75) is 25.3 Å². The third kappa shape index (κ3) is 2.94. The van der Waals surface area contributed by atoms with E-state index in [1.165, 1.54) is 12.1 Å². The average molecular weight is 235 g/mol. The number of non-ortho nitro benzene ring substituents is 1. The third-order valence-corrected chi connectivity index (χ3v) is 3.23. The number of hydrogen-bond donors (Lipinski definition) is 2. The SMILES string of the molecule is CC1(Nc2ccc([N+](=O)[O-])cc2)CCNCC1. The van der Waals surface area contributed by atoms with Crippen LogP contribution >= 0.6 is 0 Å². The smallest absolute Gasteiger partial charge is 0.269 e. The molecule has 5 heteroatoms. The van der Waals surface area contributed by atoms with Gasteiger partial charge in [-0.3, -0.25) is 10.1 Å². The normalized spacial score (nSPS) is 18.6. The highest BCUT2D eigenvalue weighted by Gasteiger charge is 2.26. The maximum atomic E-state index is 10.5. The number of nitrogens with zero attached hydrogens (tertiary/aromatic N) is 1. The molecule has 0 unspecified atom stereocenters. The van der Waals surface area contributed by atoms with Gasteiger partial charge in [-0.25, -0.2) is 0 Å². The molecule has 92 valence electrons. The van der Waals surface area contributed by atoms with Gasteiger partial charge in [0.1, 0.15) is 0 Å². The Kier molecular flexibility index (Phi) is 3.28. The molecular weight excluding hydrogens is 218 g/mol. The van der Waals surface area contributed by atoms with Crippen LogP contribution in [-0.4, -0.2) is 23.6 Å². The van der Waals surface area contributed by atoms with Crippen molar-refractivity contribution in [3.8, 4) is 0 Å². The Hall–Kier alpha value is -1.62. The molecule has 0 aliphatic carbocycles. The zero-order chi connectivity index (χ0) is 12.3. The van der Waals surface area contributed by atoms with Gasteiger partial charge < -0.3 is 10.6 Å². The first kappa shape index (κ1) is 11.9. The minimum atomic E-state index is -0.379. The number of benzene rings is 1. The quantitative estimate of drug-likeness (QED) is 0.622. The van der Waals surface area contributed by atoms with Gasteiger partial charge in [-0.15, -0.1) is 0 Å². The lowest BCUT2D eigenvalue weighted by molar-refractivity contribution is -0.384. The number of piperidine rings is 1. The lowest BCUT2D eigenvalue weighted by atomic mass is 9.90. The predicted octanol–water partition coefficient (Wildman–Crippen LogP) is 2.15. The summed E-state index contributed by atoms with van der Waals surface area (Å²) in [7, 11) is 0. The topological polar surface area (TPSA) is 67.2 Å². The van der Waals surface area contributed by atoms with Crippen LogP contribution in [0.2, 0.25) is 0 Å². The Morgan fingerprint density at radius 1 is 1.29 bits per heavy atom. The maximum absolute atomic E-state index is 10.5. The highest BCUT2D eigenvalue weighted by molar-refractivity contribution is 5.50. The summed E-state index contributed by atoms with van der Waals surface area (Å²) in [6.45, 7) is 4.21. The Morgan fingerprint density at radius 3 is 2.41 bits per heavy atom. The lowest BCUT2D eigenvalue weighted by Crippen LogP contribution is -2.45. The summed E-state index contributed by atoms with van der Waals surface area (Å²) in [4.78, 5) is 10.2. The van der Waals surface area contributed by atoms with E-state index in [0.29, 0.717) is 0 Å². The second-order valence-electron chi connectivity index (χ2n) is 4.74. The summed E-state index contributed by atoms with van der Waals surface area (Å²) in [5.74, 6) is 0. The first-order valence-electron chi connectivity index (χ1n) is 5.82. The molecule has 0 amide bonds. The first-order valence-corrected chi connectivity index (χ1v) is 5.82. The molecule has 0 radical (unpaired) electrons. The van der Waals surface area contributed by atoms with Gasteiger partial charge in [0.2, 0.25) is 0 Å². The van der Waals surface area contributed by atoms with Crippen molar-refractivity contribution >= 4 is 11.4 Å². The number of rotatable bonds is 3. The van der Waals surface area contributed by atoms with Crippen LogP contribution in [0.4, 0.5) is 11.4 Å². The molecule has 0 bridgehead atoms. The zero-order valence-corrected chi connectivity index (χ0v) is 9.90. The van der Waals surface area contributed by atoms with Gasteiger partial charge >= 0.3 is 0 Å². The number of nitro groups is 1. The van der Waals surface area contributed by atoms with Crippen molar-refractivity contribution in [2.24, 2.45) is 0 Å². The molecule has 2 rings (SSSR count). The van der Waals surface area contributed by atoms with Crippen molar-refractivity contribution in [3.63, 3.8) is 0 Å². The molecule has 0 spiro atoms. The Balaban J connectivity index is 2.05. The molecule has 17 heavy (non-hydrogen) atoms. The van der Waals surface area contributed by atoms with Crippen LogP contribution in [0.1, 0.15) is 19.8 Å². The number of hydrogen-bond acceptors (Lipinski definition) is 4. The minimum Gasteiger partial charge on any atom is -0.380 e. The molecule has 1 fully saturated rings. The number of anilines is 1. The second kappa shape index (κ2) is 4.71. The monoisotopic (exact) mass is 235 g/mol. The van der Waals surface area contributed by atoms with Gasteiger partial charge in [0.25, 0.3) is 5.69 Å². The molecule has 1 aromatic carbocycles. The van der Waals surface area contributed by atoms with Crippen LogP contribution in [0.25, 0.3) is 0 Å². The summed E-state index contributed by atoms with van der Waals surface area (Å²) >= 11 is 0. The highest BCUT2D eigenvalue weighted by Crippen LogP contribution is 2.24. The van der Waals surface area contributed by atoms with Gasteiger partial charge in [0, 0.05) is 23.4 Å². The van der Waals surface area contributed by atoms with E-state index in [4.69, 9.17) is 0 Å². The van der Waals surface area contributed by atoms with Crippen LogP contribution in [-0.2, 0) is 0 Å². The molecule has 1 aromatic rings. The highest BCUT2D eigenvalue weighted by atomic mass is 16.6. The fraction of sp³-hybridized carbons (Fsp3) is 0.500. The third-order valence-electron chi connectivity index (χ3n) is 3.23. The minimum absolute atomic E-state index is 0.0847. The van der Waals surface area contributed by atoms with Gasteiger partial charge in [-0.05, 0) is 45.0 Å². The fourth-order valence-electron chi connectivity index (χ4n) is 2.12. The number of nitro benzene ring substituents is 1. The summed E-state index contributed by atoms with van der Waals surface area (Å²) < 4.78 is 0. The average Bonchev–Trinajstić information content (AvgIpc) is 2.30. The van der Waals surface area contributed by atoms with E-state index in [-0.39, 0.29) is 16.1 Å². The Morgan fingerprint density at radius 2 is 1.88 bits per heavy atom. The van der Waals surface area contributed by atoms with Crippen LogP contribution in [0.5, 0.6) is 0 Å². The van der Waals surface area contributed by atoms with Gasteiger partial charge in [-0.2, -0.15) is 0 Å². The van der Waals surface area contributed by atoms with Crippen molar-refractivity contribution in [1.29, 1.82) is 0 Å². The fourth-order valence-corrected chi connectivity index (χ4v) is 2.12. The number of nitrogens with one attached hydrogen (secondary N) is 2. The van der Waals surface area contributed by atoms with Crippen molar-refractivity contribution in [1.82, 2.24) is 5.32 Å². The molecule has 0 saturated carbocycles. The Labute approximate surface area is 100 Å². The summed E-state index contributed by atoms with van der Waals surface area (Å²) in [6.07, 6.45) is 2.12. The second-order valence-corrected chi connectivity index (χ2v) is 4.74. The van der Waals surface area contributed by atoms with Gasteiger partial charge in [-0.1, -0.05) is 0 Å². The van der Waals surface area contributed by atoms with E-state index in [1.54, 1.807) is 12.1 Å². The van der Waals surface area contributed by atoms with E-state index in [0.717, 1.165) is 31.6 Å². The van der Waals surface area contributed by atoms with Crippen LogP contribution in [0.15, 0.2) is 24.3 Å².